The second kappa shape index (κ2) is 10.4. The van der Waals surface area contributed by atoms with Gasteiger partial charge in [0.2, 0.25) is 0 Å². The first-order chi connectivity index (χ1) is 23.3. The van der Waals surface area contributed by atoms with Gasteiger partial charge >= 0.3 is 0 Å². The van der Waals surface area contributed by atoms with Crippen molar-refractivity contribution in [3.05, 3.63) is 175 Å². The number of rotatable bonds is 4. The van der Waals surface area contributed by atoms with Gasteiger partial charge in [-0.25, -0.2) is 0 Å². The molecule has 0 atom stereocenters. The highest BCUT2D eigenvalue weighted by molar-refractivity contribution is 7.22. The Kier molecular flexibility index (Phi) is 5.88. The minimum absolute atomic E-state index is 1.03. The molecule has 9 aromatic rings. The van der Waals surface area contributed by atoms with E-state index in [1.54, 1.807) is 0 Å². The van der Waals surface area contributed by atoms with E-state index in [0.717, 1.165) is 23.5 Å². The summed E-state index contributed by atoms with van der Waals surface area (Å²) in [6.45, 7) is 0. The van der Waals surface area contributed by atoms with Crippen LogP contribution in [0.4, 0.5) is 17.1 Å². The minimum atomic E-state index is 1.03. The van der Waals surface area contributed by atoms with E-state index in [9.17, 15) is 0 Å². The van der Waals surface area contributed by atoms with Crippen molar-refractivity contribution in [1.29, 1.82) is 0 Å². The van der Waals surface area contributed by atoms with Gasteiger partial charge in [0.25, 0.3) is 0 Å². The van der Waals surface area contributed by atoms with Crippen LogP contribution in [0.1, 0.15) is 11.1 Å². The lowest BCUT2D eigenvalue weighted by Gasteiger charge is -2.26. The van der Waals surface area contributed by atoms with Crippen LogP contribution in [0.2, 0.25) is 0 Å². The van der Waals surface area contributed by atoms with E-state index in [-0.39, 0.29) is 0 Å². The predicted molar refractivity (Wildman–Crippen MR) is 203 cm³/mol. The summed E-state index contributed by atoms with van der Waals surface area (Å²) in [5.41, 5.74) is 10.3. The van der Waals surface area contributed by atoms with Crippen molar-refractivity contribution in [2.75, 3.05) is 4.90 Å². The van der Waals surface area contributed by atoms with Crippen LogP contribution in [0.5, 0.6) is 0 Å². The van der Waals surface area contributed by atoms with Gasteiger partial charge in [-0.2, -0.15) is 0 Å². The number of anilines is 3. The highest BCUT2D eigenvalue weighted by Gasteiger charge is 2.24. The van der Waals surface area contributed by atoms with Crippen molar-refractivity contribution < 1.29 is 0 Å². The third-order valence-electron chi connectivity index (χ3n) is 9.86. The molecule has 1 aromatic heterocycles. The number of hydrogen-bond donors (Lipinski definition) is 0. The largest absolute Gasteiger partial charge is 0.310 e. The average Bonchev–Trinajstić information content (AvgIpc) is 3.68. The third kappa shape index (κ3) is 4.15. The van der Waals surface area contributed by atoms with Gasteiger partial charge < -0.3 is 4.90 Å². The van der Waals surface area contributed by atoms with Crippen LogP contribution < -0.4 is 4.90 Å². The summed E-state index contributed by atoms with van der Waals surface area (Å²) in [6.07, 6.45) is 1.03. The van der Waals surface area contributed by atoms with Crippen LogP contribution >= 0.6 is 11.3 Å². The number of para-hydroxylation sites is 2. The smallest absolute Gasteiger partial charge is 0.0468 e. The van der Waals surface area contributed by atoms with E-state index < -0.39 is 0 Å². The molecule has 1 aliphatic rings. The van der Waals surface area contributed by atoms with E-state index in [4.69, 9.17) is 0 Å². The average molecular weight is 616 g/mol. The molecule has 0 spiro atoms. The second-order valence-corrected chi connectivity index (χ2v) is 13.5. The molecule has 0 saturated carbocycles. The van der Waals surface area contributed by atoms with Crippen molar-refractivity contribution in [3.63, 3.8) is 0 Å². The van der Waals surface area contributed by atoms with Gasteiger partial charge in [0, 0.05) is 33.1 Å². The number of hydrogen-bond acceptors (Lipinski definition) is 2. The molecule has 1 aliphatic carbocycles. The van der Waals surface area contributed by atoms with Crippen molar-refractivity contribution in [2.45, 2.75) is 6.42 Å². The predicted octanol–water partition coefficient (Wildman–Crippen LogP) is 13.1. The topological polar surface area (TPSA) is 3.24 Å². The van der Waals surface area contributed by atoms with Gasteiger partial charge in [-0.15, -0.1) is 11.3 Å². The normalized spacial score (nSPS) is 12.2. The molecule has 10 rings (SSSR count). The molecular formula is C45H29NS. The van der Waals surface area contributed by atoms with Crippen LogP contribution in [-0.4, -0.2) is 0 Å². The van der Waals surface area contributed by atoms with Crippen LogP contribution in [0, 0.1) is 0 Å². The van der Waals surface area contributed by atoms with Crippen LogP contribution in [-0.2, 0) is 6.42 Å². The van der Waals surface area contributed by atoms with Gasteiger partial charge in [0.1, 0.15) is 0 Å². The summed E-state index contributed by atoms with van der Waals surface area (Å²) in [5, 5.41) is 9.10. The highest BCUT2D eigenvalue weighted by Crippen LogP contribution is 2.48. The lowest BCUT2D eigenvalue weighted by Crippen LogP contribution is -2.09. The Labute approximate surface area is 277 Å². The zero-order valence-corrected chi connectivity index (χ0v) is 26.5. The fraction of sp³-hybridized carbons (Fsp3) is 0.0222. The van der Waals surface area contributed by atoms with E-state index >= 15 is 0 Å². The van der Waals surface area contributed by atoms with E-state index in [0.29, 0.717) is 0 Å². The Morgan fingerprint density at radius 3 is 1.68 bits per heavy atom. The third-order valence-corrected chi connectivity index (χ3v) is 11.1. The highest BCUT2D eigenvalue weighted by atomic mass is 32.1. The molecule has 47 heavy (non-hydrogen) atoms. The molecule has 1 heterocycles. The summed E-state index contributed by atoms with van der Waals surface area (Å²) in [6, 6.07) is 60.1. The zero-order chi connectivity index (χ0) is 30.9. The zero-order valence-electron chi connectivity index (χ0n) is 25.7. The standard InChI is InChI=1S/C45H29NS/c1-3-11-32(12-4-1)46(33-13-5-2-6-14-33)34-22-24-38-37-23-21-30(26-41(37)35-15-7-8-16-36(35)42(38)28-34)29-19-20-31-27-43-39-17-9-10-18-44(39)47-45(43)40(31)25-29/h1-26,28H,27H2. The molecule has 1 nitrogen and oxygen atoms in total. The molecule has 0 fully saturated rings. The molecule has 2 heteroatoms. The van der Waals surface area contributed by atoms with Gasteiger partial charge in [0.15, 0.2) is 0 Å². The molecule has 0 radical (unpaired) electrons. The maximum Gasteiger partial charge on any atom is 0.0468 e. The van der Waals surface area contributed by atoms with E-state index in [1.165, 1.54) is 75.1 Å². The fourth-order valence-electron chi connectivity index (χ4n) is 7.67. The van der Waals surface area contributed by atoms with Gasteiger partial charge in [-0.1, -0.05) is 109 Å². The minimum Gasteiger partial charge on any atom is -0.310 e. The lowest BCUT2D eigenvalue weighted by atomic mass is 9.91. The lowest BCUT2D eigenvalue weighted by molar-refractivity contribution is 1.29. The van der Waals surface area contributed by atoms with Crippen molar-refractivity contribution >= 4 is 70.8 Å². The monoisotopic (exact) mass is 615 g/mol. The number of benzene rings is 8. The first kappa shape index (κ1) is 26.5. The van der Waals surface area contributed by atoms with E-state index in [2.05, 4.69) is 169 Å². The summed E-state index contributed by atoms with van der Waals surface area (Å²) < 4.78 is 1.39. The molecule has 0 amide bonds. The van der Waals surface area contributed by atoms with Crippen LogP contribution in [0.25, 0.3) is 64.0 Å². The summed E-state index contributed by atoms with van der Waals surface area (Å²) in [5.74, 6) is 0. The first-order valence-electron chi connectivity index (χ1n) is 16.2. The van der Waals surface area contributed by atoms with Gasteiger partial charge in [0.05, 0.1) is 0 Å². The Morgan fingerprint density at radius 2 is 0.957 bits per heavy atom. The quantitative estimate of drug-likeness (QED) is 0.178. The molecule has 0 saturated heterocycles. The molecule has 220 valence electrons. The van der Waals surface area contributed by atoms with Crippen molar-refractivity contribution in [1.82, 2.24) is 0 Å². The maximum absolute atomic E-state index is 2.43. The second-order valence-electron chi connectivity index (χ2n) is 12.5. The van der Waals surface area contributed by atoms with Gasteiger partial charge in [-0.05, 0) is 120 Å². The maximum atomic E-state index is 2.43. The van der Waals surface area contributed by atoms with Crippen molar-refractivity contribution in [2.24, 2.45) is 0 Å². The number of fused-ring (bicyclic) bond motifs is 11. The Morgan fingerprint density at radius 1 is 0.404 bits per heavy atom. The number of nitrogens with zero attached hydrogens (tertiary/aromatic N) is 1. The Balaban J connectivity index is 1.14. The molecule has 8 aromatic carbocycles. The molecule has 0 aliphatic heterocycles. The fourth-order valence-corrected chi connectivity index (χ4v) is 8.94. The summed E-state index contributed by atoms with van der Waals surface area (Å²) in [4.78, 5) is 3.79. The SMILES string of the molecule is c1ccc(N(c2ccccc2)c2ccc3c4ccc(-c5ccc6c(c5)-c5sc7ccccc7c5C6)cc4c4ccccc4c3c2)cc1. The first-order valence-corrected chi connectivity index (χ1v) is 17.0. The van der Waals surface area contributed by atoms with Crippen molar-refractivity contribution in [3.8, 4) is 21.6 Å². The Hall–Kier alpha value is -5.70. The summed E-state index contributed by atoms with van der Waals surface area (Å²) in [7, 11) is 0. The van der Waals surface area contributed by atoms with E-state index in [1.807, 2.05) is 11.3 Å². The summed E-state index contributed by atoms with van der Waals surface area (Å²) >= 11 is 1.94. The van der Waals surface area contributed by atoms with Gasteiger partial charge in [-0.3, -0.25) is 0 Å². The molecule has 0 bridgehead atoms. The number of thiophene rings is 1. The van der Waals surface area contributed by atoms with Crippen LogP contribution in [0.3, 0.4) is 0 Å². The molecular weight excluding hydrogens is 587 g/mol. The van der Waals surface area contributed by atoms with Crippen LogP contribution in [0.15, 0.2) is 164 Å². The molecule has 0 N–H and O–H groups in total. The Bertz CT molecular complexity index is 2590. The molecule has 0 unspecified atom stereocenters.